The zero-order valence-corrected chi connectivity index (χ0v) is 10.5. The fourth-order valence-corrected chi connectivity index (χ4v) is 3.06. The molecule has 0 saturated carbocycles. The van der Waals surface area contributed by atoms with Crippen molar-refractivity contribution in [2.45, 2.75) is 24.8 Å². The number of benzene rings is 1. The van der Waals surface area contributed by atoms with Gasteiger partial charge in [-0.15, -0.1) is 0 Å². The molecular weight excluding hydrogens is 266 g/mol. The van der Waals surface area contributed by atoms with Gasteiger partial charge in [0.05, 0.1) is 12.1 Å². The summed E-state index contributed by atoms with van der Waals surface area (Å²) in [5, 5.41) is 3.34. The average Bonchev–Trinajstić information content (AvgIpc) is 2.61. The van der Waals surface area contributed by atoms with E-state index in [1.165, 1.54) is 11.1 Å². The first-order valence-electron chi connectivity index (χ1n) is 5.52. The van der Waals surface area contributed by atoms with Gasteiger partial charge in [-0.25, -0.2) is 0 Å². The topological polar surface area (TPSA) is 50.4 Å². The molecule has 0 bridgehead atoms. The molecule has 16 heavy (non-hydrogen) atoms. The molecule has 0 saturated heterocycles. The number of fused-ring (bicyclic) bond motifs is 1. The Morgan fingerprint density at radius 2 is 2.25 bits per heavy atom. The molecular formula is C12H14BrN3. The molecule has 0 aromatic heterocycles. The Hall–Kier alpha value is -1.03. The van der Waals surface area contributed by atoms with Crippen molar-refractivity contribution in [3.05, 3.63) is 33.8 Å². The maximum absolute atomic E-state index is 5.72. The van der Waals surface area contributed by atoms with Gasteiger partial charge < -0.3 is 11.1 Å². The monoisotopic (exact) mass is 279 g/mol. The van der Waals surface area contributed by atoms with Crippen LogP contribution >= 0.6 is 15.9 Å². The van der Waals surface area contributed by atoms with Crippen LogP contribution < -0.4 is 11.1 Å². The summed E-state index contributed by atoms with van der Waals surface area (Å²) in [6.45, 7) is 0.814. The standard InChI is InChI=1S/C12H14BrN3/c13-10-2-1-9-6-12(4-3-8(9)5-10)7-15-11(14)16-12/h1-2,5H,3-4,6-7H2,(H3,14,15,16). The molecule has 84 valence electrons. The fraction of sp³-hybridized carbons (Fsp3) is 0.417. The van der Waals surface area contributed by atoms with Crippen LogP contribution in [0.4, 0.5) is 0 Å². The summed E-state index contributed by atoms with van der Waals surface area (Å²) >= 11 is 3.52. The molecule has 1 aromatic rings. The molecule has 2 aliphatic rings. The second kappa shape index (κ2) is 3.48. The van der Waals surface area contributed by atoms with Crippen LogP contribution in [-0.2, 0) is 12.8 Å². The van der Waals surface area contributed by atoms with Gasteiger partial charge in [-0.1, -0.05) is 22.0 Å². The number of hydrogen-bond acceptors (Lipinski definition) is 3. The van der Waals surface area contributed by atoms with Crippen LogP contribution in [0.15, 0.2) is 27.7 Å². The maximum Gasteiger partial charge on any atom is 0.189 e. The highest BCUT2D eigenvalue weighted by atomic mass is 79.9. The van der Waals surface area contributed by atoms with Gasteiger partial charge in [-0.2, -0.15) is 0 Å². The van der Waals surface area contributed by atoms with E-state index in [4.69, 9.17) is 5.73 Å². The third kappa shape index (κ3) is 1.61. The second-order valence-corrected chi connectivity index (χ2v) is 5.61. The van der Waals surface area contributed by atoms with E-state index < -0.39 is 0 Å². The van der Waals surface area contributed by atoms with Gasteiger partial charge in [0, 0.05) is 4.47 Å². The van der Waals surface area contributed by atoms with Crippen molar-refractivity contribution in [3.8, 4) is 0 Å². The van der Waals surface area contributed by atoms with Crippen LogP contribution in [0.5, 0.6) is 0 Å². The van der Waals surface area contributed by atoms with Crippen LogP contribution in [0.1, 0.15) is 17.5 Å². The first-order chi connectivity index (χ1) is 7.67. The minimum atomic E-state index is 0.0882. The lowest BCUT2D eigenvalue weighted by atomic mass is 9.78. The van der Waals surface area contributed by atoms with Crippen molar-refractivity contribution < 1.29 is 0 Å². The number of hydrogen-bond donors (Lipinski definition) is 2. The van der Waals surface area contributed by atoms with Crippen LogP contribution in [0.2, 0.25) is 0 Å². The smallest absolute Gasteiger partial charge is 0.189 e. The van der Waals surface area contributed by atoms with E-state index in [1.54, 1.807) is 0 Å². The Morgan fingerprint density at radius 1 is 1.38 bits per heavy atom. The minimum absolute atomic E-state index is 0.0882. The van der Waals surface area contributed by atoms with Gasteiger partial charge in [0.15, 0.2) is 5.96 Å². The van der Waals surface area contributed by atoms with Crippen molar-refractivity contribution >= 4 is 21.9 Å². The molecule has 1 atom stereocenters. The van der Waals surface area contributed by atoms with Crippen molar-refractivity contribution in [3.63, 3.8) is 0 Å². The summed E-state index contributed by atoms with van der Waals surface area (Å²) in [5.74, 6) is 0.598. The average molecular weight is 280 g/mol. The molecule has 1 aliphatic heterocycles. The highest BCUT2D eigenvalue weighted by molar-refractivity contribution is 9.10. The molecule has 0 fully saturated rings. The Morgan fingerprint density at radius 3 is 3.00 bits per heavy atom. The van der Waals surface area contributed by atoms with Gasteiger partial charge >= 0.3 is 0 Å². The zero-order chi connectivity index (χ0) is 11.2. The molecule has 3 N–H and O–H groups in total. The molecule has 0 amide bonds. The van der Waals surface area contributed by atoms with E-state index in [0.29, 0.717) is 5.96 Å². The summed E-state index contributed by atoms with van der Waals surface area (Å²) in [7, 11) is 0. The van der Waals surface area contributed by atoms with Gasteiger partial charge in [0.1, 0.15) is 0 Å². The number of nitrogens with one attached hydrogen (secondary N) is 1. The summed E-state index contributed by atoms with van der Waals surface area (Å²) in [4.78, 5) is 4.28. The van der Waals surface area contributed by atoms with Crippen LogP contribution in [-0.4, -0.2) is 18.0 Å². The number of aryl methyl sites for hydroxylation is 1. The summed E-state index contributed by atoms with van der Waals surface area (Å²) in [6, 6.07) is 6.54. The quantitative estimate of drug-likeness (QED) is 0.758. The highest BCUT2D eigenvalue weighted by Crippen LogP contribution is 2.32. The van der Waals surface area contributed by atoms with E-state index >= 15 is 0 Å². The van der Waals surface area contributed by atoms with Crippen molar-refractivity contribution in [1.82, 2.24) is 5.32 Å². The van der Waals surface area contributed by atoms with Gasteiger partial charge in [0.25, 0.3) is 0 Å². The summed E-state index contributed by atoms with van der Waals surface area (Å²) < 4.78 is 1.16. The SMILES string of the molecule is NC1=NCC2(CCc3cc(Br)ccc3C2)N1. The zero-order valence-electron chi connectivity index (χ0n) is 8.96. The predicted octanol–water partition coefficient (Wildman–Crippen LogP) is 1.59. The lowest BCUT2D eigenvalue weighted by molar-refractivity contribution is 0.361. The van der Waals surface area contributed by atoms with Crippen LogP contribution in [0.25, 0.3) is 0 Å². The Bertz CT molecular complexity index is 469. The molecule has 3 nitrogen and oxygen atoms in total. The third-order valence-corrected chi connectivity index (χ3v) is 4.01. The van der Waals surface area contributed by atoms with Gasteiger partial charge in [-0.3, -0.25) is 4.99 Å². The number of halogens is 1. The molecule has 4 heteroatoms. The Kier molecular flexibility index (Phi) is 2.21. The van der Waals surface area contributed by atoms with E-state index in [2.05, 4.69) is 44.4 Å². The molecule has 1 spiro atoms. The maximum atomic E-state index is 5.72. The largest absolute Gasteiger partial charge is 0.370 e. The lowest BCUT2D eigenvalue weighted by Crippen LogP contribution is -2.51. The third-order valence-electron chi connectivity index (χ3n) is 3.52. The molecule has 1 aromatic carbocycles. The van der Waals surface area contributed by atoms with Crippen LogP contribution in [0.3, 0.4) is 0 Å². The lowest BCUT2D eigenvalue weighted by Gasteiger charge is -2.34. The molecule has 3 rings (SSSR count). The minimum Gasteiger partial charge on any atom is -0.370 e. The fourth-order valence-electron chi connectivity index (χ4n) is 2.66. The van der Waals surface area contributed by atoms with E-state index in [1.807, 2.05) is 0 Å². The molecule has 1 unspecified atom stereocenters. The van der Waals surface area contributed by atoms with Crippen molar-refractivity contribution in [2.24, 2.45) is 10.7 Å². The Balaban J connectivity index is 1.90. The summed E-state index contributed by atoms with van der Waals surface area (Å²) in [6.07, 6.45) is 3.24. The van der Waals surface area contributed by atoms with E-state index in [0.717, 1.165) is 30.3 Å². The number of guanidine groups is 1. The van der Waals surface area contributed by atoms with Gasteiger partial charge in [-0.05, 0) is 42.5 Å². The normalized spacial score (nSPS) is 27.4. The first-order valence-corrected chi connectivity index (χ1v) is 6.32. The van der Waals surface area contributed by atoms with Crippen LogP contribution in [0, 0.1) is 0 Å². The second-order valence-electron chi connectivity index (χ2n) is 4.70. The van der Waals surface area contributed by atoms with Gasteiger partial charge in [0.2, 0.25) is 0 Å². The number of rotatable bonds is 0. The predicted molar refractivity (Wildman–Crippen MR) is 68.5 cm³/mol. The highest BCUT2D eigenvalue weighted by Gasteiger charge is 2.37. The molecule has 0 radical (unpaired) electrons. The first kappa shape index (κ1) is 10.1. The Labute approximate surface area is 103 Å². The van der Waals surface area contributed by atoms with Crippen molar-refractivity contribution in [1.29, 1.82) is 0 Å². The van der Waals surface area contributed by atoms with Crippen molar-refractivity contribution in [2.75, 3.05) is 6.54 Å². The summed E-state index contributed by atoms with van der Waals surface area (Å²) in [5.41, 5.74) is 8.68. The van der Waals surface area contributed by atoms with E-state index in [9.17, 15) is 0 Å². The van der Waals surface area contributed by atoms with E-state index in [-0.39, 0.29) is 5.54 Å². The number of nitrogens with zero attached hydrogens (tertiary/aromatic N) is 1. The number of nitrogens with two attached hydrogens (primary N) is 1. The number of aliphatic imine (C=N–C) groups is 1. The molecule has 1 aliphatic carbocycles. The molecule has 1 heterocycles.